The Morgan fingerprint density at radius 1 is 0.394 bits per heavy atom. The third kappa shape index (κ3) is 36.9. The highest BCUT2D eigenvalue weighted by Crippen LogP contribution is 2.33. The predicted octanol–water partition coefficient (Wildman–Crippen LogP) is 10.9. The van der Waals surface area contributed by atoms with Gasteiger partial charge >= 0.3 is 0 Å². The zero-order chi connectivity index (χ0) is 68.2. The summed E-state index contributed by atoms with van der Waals surface area (Å²) in [5.74, 6) is -0.257. The van der Waals surface area contributed by atoms with Crippen molar-refractivity contribution in [1.29, 1.82) is 0 Å². The molecule has 17 unspecified atom stereocenters. The molecule has 0 bridgehead atoms. The van der Waals surface area contributed by atoms with Crippen LogP contribution in [0.1, 0.15) is 264 Å². The molecular weight excluding hydrogens is 1200 g/mol. The lowest BCUT2D eigenvalue weighted by Gasteiger charge is -2.48. The zero-order valence-electron chi connectivity index (χ0n) is 57.9. The zero-order valence-corrected chi connectivity index (χ0v) is 57.9. The molecule has 0 saturated carbocycles. The smallest absolute Gasteiger partial charge is 0.220 e. The fraction of sp³-hybridized carbons (Fsp3) is 0.827. The molecule has 0 radical (unpaired) electrons. The number of aliphatic hydroxyl groups excluding tert-OH is 11. The molecule has 17 atom stereocenters. The maximum atomic E-state index is 13.5. The van der Waals surface area contributed by atoms with Gasteiger partial charge in [0.05, 0.1) is 38.6 Å². The Morgan fingerprint density at radius 3 is 1.15 bits per heavy atom. The number of carbonyl (C=O) groups excluding carboxylic acids is 1. The number of allylic oxidation sites excluding steroid dienone is 12. The average molecular weight is 1340 g/mol. The first kappa shape index (κ1) is 85.5. The van der Waals surface area contributed by atoms with Gasteiger partial charge in [0.25, 0.3) is 0 Å². The van der Waals surface area contributed by atoms with E-state index in [1.165, 1.54) is 128 Å². The molecule has 19 heteroatoms. The van der Waals surface area contributed by atoms with Crippen LogP contribution in [0.15, 0.2) is 72.9 Å². The molecule has 12 N–H and O–H groups in total. The first-order valence-corrected chi connectivity index (χ1v) is 37.2. The topological polar surface area (TPSA) is 307 Å². The number of hydrogen-bond acceptors (Lipinski definition) is 18. The summed E-state index contributed by atoms with van der Waals surface area (Å²) >= 11 is 0. The number of hydrogen-bond donors (Lipinski definition) is 12. The highest BCUT2D eigenvalue weighted by atomic mass is 16.8. The Morgan fingerprint density at radius 2 is 0.734 bits per heavy atom. The van der Waals surface area contributed by atoms with E-state index in [4.69, 9.17) is 28.4 Å². The van der Waals surface area contributed by atoms with E-state index in [0.717, 1.165) is 103 Å². The molecule has 0 aromatic carbocycles. The number of rotatable bonds is 57. The molecule has 0 aromatic heterocycles. The van der Waals surface area contributed by atoms with E-state index >= 15 is 0 Å². The Balaban J connectivity index is 1.42. The van der Waals surface area contributed by atoms with Gasteiger partial charge in [0.1, 0.15) is 73.2 Å². The van der Waals surface area contributed by atoms with E-state index in [1.54, 1.807) is 0 Å². The van der Waals surface area contributed by atoms with Crippen molar-refractivity contribution in [3.05, 3.63) is 72.9 Å². The van der Waals surface area contributed by atoms with Crippen LogP contribution in [0.4, 0.5) is 0 Å². The summed E-state index contributed by atoms with van der Waals surface area (Å²) in [5.41, 5.74) is 0. The van der Waals surface area contributed by atoms with Crippen LogP contribution >= 0.6 is 0 Å². The van der Waals surface area contributed by atoms with Crippen molar-refractivity contribution < 1.29 is 89.4 Å². The van der Waals surface area contributed by atoms with Crippen molar-refractivity contribution in [1.82, 2.24) is 5.32 Å². The van der Waals surface area contributed by atoms with Gasteiger partial charge in [0.2, 0.25) is 5.91 Å². The van der Waals surface area contributed by atoms with Gasteiger partial charge in [-0.2, -0.15) is 0 Å². The molecular formula is C75H133NO18. The molecule has 3 aliphatic rings. The van der Waals surface area contributed by atoms with E-state index in [-0.39, 0.29) is 18.9 Å². The van der Waals surface area contributed by atoms with Crippen LogP contribution in [0.3, 0.4) is 0 Å². The third-order valence-corrected chi connectivity index (χ3v) is 18.3. The molecule has 0 aromatic rings. The quantitative estimate of drug-likeness (QED) is 0.0199. The van der Waals surface area contributed by atoms with E-state index < -0.39 is 124 Å². The average Bonchev–Trinajstić information content (AvgIpc) is 0.788. The first-order valence-electron chi connectivity index (χ1n) is 37.2. The number of nitrogens with one attached hydrogen (secondary N) is 1. The lowest BCUT2D eigenvalue weighted by Crippen LogP contribution is -2.66. The number of carbonyl (C=O) groups is 1. The normalized spacial score (nSPS) is 27.8. The van der Waals surface area contributed by atoms with Crippen molar-refractivity contribution in [2.24, 2.45) is 0 Å². The third-order valence-electron chi connectivity index (χ3n) is 18.3. The van der Waals surface area contributed by atoms with Crippen LogP contribution in [-0.2, 0) is 33.2 Å². The predicted molar refractivity (Wildman–Crippen MR) is 369 cm³/mol. The number of unbranched alkanes of at least 4 members (excludes halogenated alkanes) is 29. The van der Waals surface area contributed by atoms with Crippen LogP contribution in [0.5, 0.6) is 0 Å². The molecule has 19 nitrogen and oxygen atoms in total. The van der Waals surface area contributed by atoms with Gasteiger partial charge in [-0.05, 0) is 64.2 Å². The van der Waals surface area contributed by atoms with Crippen LogP contribution in [-0.4, -0.2) is 193 Å². The molecule has 3 heterocycles. The van der Waals surface area contributed by atoms with Crippen molar-refractivity contribution >= 4 is 5.91 Å². The molecule has 3 saturated heterocycles. The molecule has 0 aliphatic carbocycles. The molecule has 1 amide bonds. The Labute approximate surface area is 566 Å². The minimum Gasteiger partial charge on any atom is -0.394 e. The Kier molecular flexibility index (Phi) is 50.9. The van der Waals surface area contributed by atoms with E-state index in [9.17, 15) is 61.0 Å². The second-order valence-corrected chi connectivity index (χ2v) is 26.4. The summed E-state index contributed by atoms with van der Waals surface area (Å²) in [6.07, 6.45) is 44.0. The lowest BCUT2D eigenvalue weighted by atomic mass is 9.96. The number of aliphatic hydroxyl groups is 11. The fourth-order valence-electron chi connectivity index (χ4n) is 12.3. The van der Waals surface area contributed by atoms with Crippen LogP contribution in [0, 0.1) is 0 Å². The molecule has 0 spiro atoms. The molecule has 3 aliphatic heterocycles. The summed E-state index contributed by atoms with van der Waals surface area (Å²) in [4.78, 5) is 13.5. The van der Waals surface area contributed by atoms with Crippen molar-refractivity contribution in [2.45, 2.75) is 369 Å². The van der Waals surface area contributed by atoms with Gasteiger partial charge in [-0.25, -0.2) is 0 Å². The first-order chi connectivity index (χ1) is 45.8. The summed E-state index contributed by atoms with van der Waals surface area (Å²) in [6.45, 7) is 1.69. The second kappa shape index (κ2) is 56.0. The number of ether oxygens (including phenoxy) is 6. The summed E-state index contributed by atoms with van der Waals surface area (Å²) in [5, 5.41) is 121. The molecule has 546 valence electrons. The second-order valence-electron chi connectivity index (χ2n) is 26.4. The largest absolute Gasteiger partial charge is 0.394 e. The van der Waals surface area contributed by atoms with Crippen LogP contribution < -0.4 is 5.32 Å². The van der Waals surface area contributed by atoms with E-state index in [1.807, 2.05) is 0 Å². The minimum atomic E-state index is -1.98. The van der Waals surface area contributed by atoms with Gasteiger partial charge in [-0.15, -0.1) is 0 Å². The summed E-state index contributed by atoms with van der Waals surface area (Å²) in [7, 11) is 0. The molecule has 94 heavy (non-hydrogen) atoms. The maximum Gasteiger partial charge on any atom is 0.220 e. The van der Waals surface area contributed by atoms with Crippen molar-refractivity contribution in [3.8, 4) is 0 Å². The Bertz CT molecular complexity index is 1980. The highest BCUT2D eigenvalue weighted by molar-refractivity contribution is 5.76. The molecule has 3 fully saturated rings. The van der Waals surface area contributed by atoms with Gasteiger partial charge < -0.3 is 89.9 Å². The van der Waals surface area contributed by atoms with Crippen molar-refractivity contribution in [3.63, 3.8) is 0 Å². The van der Waals surface area contributed by atoms with Gasteiger partial charge in [-0.1, -0.05) is 267 Å². The maximum absolute atomic E-state index is 13.5. The van der Waals surface area contributed by atoms with Crippen molar-refractivity contribution in [2.75, 3.05) is 26.4 Å². The Hall–Kier alpha value is -2.77. The van der Waals surface area contributed by atoms with Crippen LogP contribution in [0.25, 0.3) is 0 Å². The van der Waals surface area contributed by atoms with Gasteiger partial charge in [-0.3, -0.25) is 4.79 Å². The number of amides is 1. The van der Waals surface area contributed by atoms with Gasteiger partial charge in [0, 0.05) is 6.42 Å². The lowest BCUT2D eigenvalue weighted by molar-refractivity contribution is -0.379. The standard InChI is InChI=1S/C75H133NO18/c1-3-5-7-9-11-13-15-17-19-21-23-25-27-29-31-33-35-37-39-41-43-45-47-49-51-53-63(81)76-58(59(80)52-50-48-46-44-42-40-38-36-34-32-30-28-26-24-22-20-18-16-14-12-10-8-6-4-2)57-89-73-69(87)66(84)71(61(55-78)91-73)94-75-70(88)67(85)72(62(56-79)92-75)93-74-68(86)65(83)64(82)60(54-77)90-74/h5,7,11,13,17,19,23,25,29,31,35,37,58-62,64-75,77-80,82-88H,3-4,6,8-10,12,14-16,18,20-22,24,26-28,30,32-34,36,38-57H2,1-2H3,(H,76,81)/b7-5-,13-11-,19-17-,25-23-,31-29-,37-35-. The SMILES string of the molecule is CC/C=C\C/C=C\C/C=C\C/C=C\C/C=C\C/C=C\CCCCCCCCC(=O)NC(COC1OC(CO)C(OC2OC(CO)C(OC3OC(CO)C(O)C(O)C3O)C(O)C2O)C(O)C1O)C(O)CCCCCCCCCCCCCCCCCCCCCCCCCC. The monoisotopic (exact) mass is 1340 g/mol. The molecule has 3 rings (SSSR count). The van der Waals surface area contributed by atoms with Gasteiger partial charge in [0.15, 0.2) is 18.9 Å². The van der Waals surface area contributed by atoms with E-state index in [2.05, 4.69) is 92.1 Å². The summed E-state index contributed by atoms with van der Waals surface area (Å²) < 4.78 is 34.5. The highest BCUT2D eigenvalue weighted by Gasteiger charge is 2.53. The summed E-state index contributed by atoms with van der Waals surface area (Å²) in [6, 6.07) is -0.901. The fourth-order valence-corrected chi connectivity index (χ4v) is 12.3. The van der Waals surface area contributed by atoms with E-state index in [0.29, 0.717) is 12.8 Å². The van der Waals surface area contributed by atoms with Crippen LogP contribution in [0.2, 0.25) is 0 Å². The minimum absolute atomic E-state index is 0.246.